The Morgan fingerprint density at radius 3 is 0.976 bits per heavy atom. The highest BCUT2D eigenvalue weighted by Gasteiger charge is 2.17. The Kier molecular flexibility index (Phi) is 11.3. The molecule has 0 aliphatic carbocycles. The van der Waals surface area contributed by atoms with Gasteiger partial charge in [0.1, 0.15) is 0 Å². The van der Waals surface area contributed by atoms with Crippen molar-refractivity contribution in [2.75, 3.05) is 4.90 Å². The van der Waals surface area contributed by atoms with E-state index in [0.717, 1.165) is 17.1 Å². The van der Waals surface area contributed by atoms with Crippen LogP contribution >= 0.6 is 0 Å². The molecule has 6 rings (SSSR count). The third kappa shape index (κ3) is 7.25. The van der Waals surface area contributed by atoms with Crippen molar-refractivity contribution in [3.63, 3.8) is 0 Å². The highest BCUT2D eigenvalue weighted by Crippen LogP contribution is 2.36. The third-order valence-corrected chi connectivity index (χ3v) is 7.00. The van der Waals surface area contributed by atoms with Crippen LogP contribution in [0.2, 0.25) is 0 Å². The molecule has 0 spiro atoms. The lowest BCUT2D eigenvalue weighted by Gasteiger charge is -2.25. The van der Waals surface area contributed by atoms with Crippen molar-refractivity contribution in [3.8, 4) is 11.1 Å². The molecule has 0 aliphatic heterocycles. The van der Waals surface area contributed by atoms with Gasteiger partial charge in [-0.2, -0.15) is 0 Å². The summed E-state index contributed by atoms with van der Waals surface area (Å²) in [7, 11) is 0. The predicted molar refractivity (Wildman–Crippen MR) is 183 cm³/mol. The van der Waals surface area contributed by atoms with E-state index in [2.05, 4.69) is 175 Å². The van der Waals surface area contributed by atoms with Crippen molar-refractivity contribution >= 4 is 17.1 Å². The number of para-hydroxylation sites is 2. The van der Waals surface area contributed by atoms with Gasteiger partial charge in [0.05, 0.1) is 0 Å². The molecule has 0 N–H and O–H groups in total. The van der Waals surface area contributed by atoms with E-state index < -0.39 is 0 Å². The first-order valence-electron chi connectivity index (χ1n) is 15.1. The summed E-state index contributed by atoms with van der Waals surface area (Å²) in [6.07, 6.45) is 0. The maximum Gasteiger partial charge on any atom is 0.0462 e. The van der Waals surface area contributed by atoms with Gasteiger partial charge in [0.2, 0.25) is 0 Å². The lowest BCUT2D eigenvalue weighted by Crippen LogP contribution is -2.09. The van der Waals surface area contributed by atoms with Crippen LogP contribution in [0, 0.1) is 0 Å². The molecule has 1 heteroatoms. The van der Waals surface area contributed by atoms with Crippen LogP contribution in [0.1, 0.15) is 50.3 Å². The molecule has 0 aliphatic rings. The van der Waals surface area contributed by atoms with Crippen LogP contribution < -0.4 is 4.90 Å². The second kappa shape index (κ2) is 15.8. The highest BCUT2D eigenvalue weighted by molar-refractivity contribution is 5.78. The Morgan fingerprint density at radius 2 is 0.595 bits per heavy atom. The van der Waals surface area contributed by atoms with Gasteiger partial charge >= 0.3 is 0 Å². The number of benzene rings is 6. The highest BCUT2D eigenvalue weighted by atomic mass is 15.1. The summed E-state index contributed by atoms with van der Waals surface area (Å²) in [6.45, 7) is 8.00. The third-order valence-electron chi connectivity index (χ3n) is 7.00. The maximum atomic E-state index is 2.29. The summed E-state index contributed by atoms with van der Waals surface area (Å²) >= 11 is 0. The van der Waals surface area contributed by atoms with Crippen molar-refractivity contribution in [3.05, 3.63) is 187 Å². The van der Waals surface area contributed by atoms with Crippen LogP contribution in [0.4, 0.5) is 17.1 Å². The van der Waals surface area contributed by atoms with E-state index >= 15 is 0 Å². The summed E-state index contributed by atoms with van der Waals surface area (Å²) in [4.78, 5) is 2.29. The topological polar surface area (TPSA) is 3.24 Å². The summed E-state index contributed by atoms with van der Waals surface area (Å²) in [6, 6.07) is 60.4. The first-order chi connectivity index (χ1) is 20.9. The molecule has 0 radical (unpaired) electrons. The van der Waals surface area contributed by atoms with E-state index in [1.165, 1.54) is 27.8 Å². The van der Waals surface area contributed by atoms with Crippen molar-refractivity contribution in [2.45, 2.75) is 33.6 Å². The van der Waals surface area contributed by atoms with E-state index in [-0.39, 0.29) is 5.92 Å². The lowest BCUT2D eigenvalue weighted by atomic mass is 9.84. The first kappa shape index (κ1) is 30.1. The summed E-state index contributed by atoms with van der Waals surface area (Å²) in [5, 5.41) is 0. The Bertz CT molecular complexity index is 1360. The van der Waals surface area contributed by atoms with Gasteiger partial charge in [-0.15, -0.1) is 0 Å². The number of nitrogens with zero attached hydrogens (tertiary/aromatic N) is 1. The molecule has 0 fully saturated rings. The van der Waals surface area contributed by atoms with Crippen LogP contribution in [-0.2, 0) is 0 Å². The van der Waals surface area contributed by atoms with Gasteiger partial charge in [0.15, 0.2) is 0 Å². The quantitative estimate of drug-likeness (QED) is 0.180. The van der Waals surface area contributed by atoms with Gasteiger partial charge in [0, 0.05) is 23.0 Å². The summed E-state index contributed by atoms with van der Waals surface area (Å²) in [5.74, 6) is 0.208. The molecule has 0 bridgehead atoms. The van der Waals surface area contributed by atoms with Gasteiger partial charge in [-0.1, -0.05) is 161 Å². The van der Waals surface area contributed by atoms with Gasteiger partial charge in [-0.05, 0) is 64.2 Å². The minimum atomic E-state index is 0.208. The molecule has 0 heterocycles. The molecule has 42 heavy (non-hydrogen) atoms. The standard InChI is InChI=1S/C37H29N.2C2H6/c1-5-13-31(14-6-1)37(32-15-7-2-8-16-32)33-23-21-29(22-24-33)30-25-27-36(28-26-30)38(34-17-9-3-10-18-34)35-19-11-4-12-20-35;2*1-2/h1-28,37H;2*1-2H3. The fourth-order valence-corrected chi connectivity index (χ4v) is 5.14. The van der Waals surface area contributed by atoms with Gasteiger partial charge in [-0.25, -0.2) is 0 Å². The Balaban J connectivity index is 0.000000972. The molecule has 0 saturated carbocycles. The zero-order valence-corrected chi connectivity index (χ0v) is 25.2. The normalized spacial score (nSPS) is 10.1. The molecule has 0 aromatic heterocycles. The fourth-order valence-electron chi connectivity index (χ4n) is 5.14. The minimum Gasteiger partial charge on any atom is -0.311 e. The van der Waals surface area contributed by atoms with Crippen molar-refractivity contribution in [2.24, 2.45) is 0 Å². The molecule has 0 saturated heterocycles. The SMILES string of the molecule is CC.CC.c1ccc(C(c2ccccc2)c2ccc(-c3ccc(N(c4ccccc4)c4ccccc4)cc3)cc2)cc1. The maximum absolute atomic E-state index is 2.29. The largest absolute Gasteiger partial charge is 0.311 e. The van der Waals surface area contributed by atoms with E-state index in [0.29, 0.717) is 0 Å². The van der Waals surface area contributed by atoms with Gasteiger partial charge < -0.3 is 4.90 Å². The molecule has 6 aromatic carbocycles. The molecule has 0 unspecified atom stereocenters. The van der Waals surface area contributed by atoms with E-state index in [1.54, 1.807) is 0 Å². The molecular weight excluding hydrogens is 506 g/mol. The first-order valence-corrected chi connectivity index (χ1v) is 15.1. The molecule has 0 amide bonds. The molecular formula is C41H41N. The van der Waals surface area contributed by atoms with Crippen LogP contribution in [-0.4, -0.2) is 0 Å². The number of anilines is 3. The van der Waals surface area contributed by atoms with E-state index in [9.17, 15) is 0 Å². The number of hydrogen-bond donors (Lipinski definition) is 0. The lowest BCUT2D eigenvalue weighted by molar-refractivity contribution is 0.978. The molecule has 6 aromatic rings. The van der Waals surface area contributed by atoms with Crippen LogP contribution in [0.25, 0.3) is 11.1 Å². The summed E-state index contributed by atoms with van der Waals surface area (Å²) < 4.78 is 0. The molecule has 1 nitrogen and oxygen atoms in total. The smallest absolute Gasteiger partial charge is 0.0462 e. The monoisotopic (exact) mass is 547 g/mol. The Hall–Kier alpha value is -4.88. The fraction of sp³-hybridized carbons (Fsp3) is 0.122. The summed E-state index contributed by atoms with van der Waals surface area (Å²) in [5.41, 5.74) is 9.74. The zero-order chi connectivity index (χ0) is 29.6. The Morgan fingerprint density at radius 1 is 0.310 bits per heavy atom. The average Bonchev–Trinajstić information content (AvgIpc) is 3.09. The van der Waals surface area contributed by atoms with E-state index in [1.807, 2.05) is 27.7 Å². The predicted octanol–water partition coefficient (Wildman–Crippen LogP) is 12.1. The molecule has 0 atom stereocenters. The van der Waals surface area contributed by atoms with E-state index in [4.69, 9.17) is 0 Å². The van der Waals surface area contributed by atoms with Gasteiger partial charge in [-0.3, -0.25) is 0 Å². The van der Waals surface area contributed by atoms with Crippen molar-refractivity contribution in [1.29, 1.82) is 0 Å². The molecule has 210 valence electrons. The number of hydrogen-bond acceptors (Lipinski definition) is 1. The van der Waals surface area contributed by atoms with Crippen molar-refractivity contribution < 1.29 is 0 Å². The Labute approximate surface area is 252 Å². The van der Waals surface area contributed by atoms with Gasteiger partial charge in [0.25, 0.3) is 0 Å². The number of rotatable bonds is 7. The van der Waals surface area contributed by atoms with Crippen molar-refractivity contribution in [1.82, 2.24) is 0 Å². The average molecular weight is 548 g/mol. The minimum absolute atomic E-state index is 0.208. The van der Waals surface area contributed by atoms with Crippen LogP contribution in [0.15, 0.2) is 170 Å². The second-order valence-corrected chi connectivity index (χ2v) is 9.43. The van der Waals surface area contributed by atoms with Crippen LogP contribution in [0.5, 0.6) is 0 Å². The second-order valence-electron chi connectivity index (χ2n) is 9.43. The van der Waals surface area contributed by atoms with Crippen LogP contribution in [0.3, 0.4) is 0 Å². The zero-order valence-electron chi connectivity index (χ0n) is 25.2.